The summed E-state index contributed by atoms with van der Waals surface area (Å²) >= 11 is 0. The molecule has 1 aliphatic carbocycles. The Labute approximate surface area is 171 Å². The molecule has 162 valence electrons. The van der Waals surface area contributed by atoms with E-state index in [1.807, 2.05) is 6.92 Å². The summed E-state index contributed by atoms with van der Waals surface area (Å²) in [6.07, 6.45) is -2.66. The Morgan fingerprint density at radius 2 is 1.72 bits per heavy atom. The van der Waals surface area contributed by atoms with Crippen molar-refractivity contribution in [3.8, 4) is 0 Å². The lowest BCUT2D eigenvalue weighted by molar-refractivity contribution is -0.183. The van der Waals surface area contributed by atoms with Crippen LogP contribution in [0.2, 0.25) is 0 Å². The van der Waals surface area contributed by atoms with Crippen molar-refractivity contribution in [2.24, 2.45) is 0 Å². The zero-order valence-electron chi connectivity index (χ0n) is 17.2. The molecule has 0 spiro atoms. The Kier molecular flexibility index (Phi) is 4.90. The van der Waals surface area contributed by atoms with Gasteiger partial charge in [0.15, 0.2) is 11.6 Å². The summed E-state index contributed by atoms with van der Waals surface area (Å²) in [6, 6.07) is 6.41. The molecule has 29 heavy (non-hydrogen) atoms. The summed E-state index contributed by atoms with van der Waals surface area (Å²) in [5, 5.41) is 10.9. The molecule has 1 aromatic carbocycles. The lowest BCUT2D eigenvalue weighted by atomic mass is 9.78. The van der Waals surface area contributed by atoms with Crippen molar-refractivity contribution in [1.29, 1.82) is 0 Å². The highest BCUT2D eigenvalue weighted by Gasteiger charge is 2.66. The molecule has 2 saturated heterocycles. The quantitative estimate of drug-likeness (QED) is 0.726. The second kappa shape index (κ2) is 6.71. The Bertz CT molecular complexity index is 878. The number of aliphatic hydroxyl groups excluding tert-OH is 1. The topological polar surface area (TPSA) is 101 Å². The van der Waals surface area contributed by atoms with Crippen molar-refractivity contribution in [3.05, 3.63) is 29.8 Å². The number of hydrogen-bond donors (Lipinski definition) is 1. The van der Waals surface area contributed by atoms with Crippen molar-refractivity contribution in [1.82, 2.24) is 0 Å². The summed E-state index contributed by atoms with van der Waals surface area (Å²) in [4.78, 5) is 0.0602. The van der Waals surface area contributed by atoms with Crippen LogP contribution in [-0.4, -0.2) is 61.7 Å². The smallest absolute Gasteiger partial charge is 0.297 e. The number of fused-ring (bicyclic) bond motifs is 2. The highest BCUT2D eigenvalue weighted by atomic mass is 32.2. The molecule has 9 heteroatoms. The molecule has 2 heterocycles. The summed E-state index contributed by atoms with van der Waals surface area (Å²) in [7, 11) is -4.01. The van der Waals surface area contributed by atoms with Crippen molar-refractivity contribution in [2.75, 3.05) is 6.61 Å². The van der Waals surface area contributed by atoms with Gasteiger partial charge in [-0.25, -0.2) is 0 Å². The minimum absolute atomic E-state index is 0.0602. The summed E-state index contributed by atoms with van der Waals surface area (Å²) in [6.45, 7) is 8.54. The third-order valence-corrected chi connectivity index (χ3v) is 6.84. The molecule has 3 fully saturated rings. The van der Waals surface area contributed by atoms with Gasteiger partial charge in [0.2, 0.25) is 0 Å². The molecule has 0 bridgehead atoms. The minimum Gasteiger partial charge on any atom is -0.387 e. The number of aliphatic hydroxyl groups is 1. The number of benzene rings is 1. The molecule has 0 unspecified atom stereocenters. The number of aryl methyl sites for hydroxylation is 1. The van der Waals surface area contributed by atoms with Crippen LogP contribution >= 0.6 is 0 Å². The Balaban J connectivity index is 1.60. The molecular formula is C20H28O8S. The maximum Gasteiger partial charge on any atom is 0.297 e. The lowest BCUT2D eigenvalue weighted by Crippen LogP contribution is -2.62. The van der Waals surface area contributed by atoms with E-state index in [2.05, 4.69) is 0 Å². The summed E-state index contributed by atoms with van der Waals surface area (Å²) < 4.78 is 54.7. The number of ether oxygens (including phenoxy) is 4. The van der Waals surface area contributed by atoms with Gasteiger partial charge in [-0.15, -0.1) is 0 Å². The van der Waals surface area contributed by atoms with Gasteiger partial charge < -0.3 is 24.1 Å². The Hall–Kier alpha value is -1.07. The lowest BCUT2D eigenvalue weighted by Gasteiger charge is -2.42. The molecule has 3 aliphatic rings. The van der Waals surface area contributed by atoms with Gasteiger partial charge in [0, 0.05) is 6.42 Å². The van der Waals surface area contributed by atoms with Crippen LogP contribution in [0, 0.1) is 6.92 Å². The Morgan fingerprint density at radius 3 is 2.38 bits per heavy atom. The van der Waals surface area contributed by atoms with Crippen molar-refractivity contribution >= 4 is 10.1 Å². The first-order valence-corrected chi connectivity index (χ1v) is 11.1. The highest BCUT2D eigenvalue weighted by Crippen LogP contribution is 2.50. The molecule has 5 atom stereocenters. The van der Waals surface area contributed by atoms with Gasteiger partial charge >= 0.3 is 0 Å². The normalized spacial score (nSPS) is 37.9. The molecule has 0 radical (unpaired) electrons. The average Bonchev–Trinajstić information content (AvgIpc) is 3.06. The fraction of sp³-hybridized carbons (Fsp3) is 0.700. The zero-order valence-corrected chi connectivity index (χ0v) is 18.1. The molecular weight excluding hydrogens is 400 g/mol. The van der Waals surface area contributed by atoms with E-state index >= 15 is 0 Å². The first kappa shape index (κ1) is 21.2. The third kappa shape index (κ3) is 3.85. The first-order chi connectivity index (χ1) is 13.3. The van der Waals surface area contributed by atoms with Crippen LogP contribution in [0.1, 0.15) is 39.7 Å². The SMILES string of the molecule is Cc1ccc(S(=O)(=O)OC[C@@]23C[C@H]4OC(C)(C)O[C@H]4[C@@H](O)[C@@H]2OC(C)(C)O3)cc1. The van der Waals surface area contributed by atoms with E-state index in [0.29, 0.717) is 0 Å². The molecule has 1 saturated carbocycles. The molecule has 4 rings (SSSR count). The van der Waals surface area contributed by atoms with Crippen molar-refractivity contribution < 1.29 is 36.7 Å². The monoisotopic (exact) mass is 428 g/mol. The van der Waals surface area contributed by atoms with Crippen LogP contribution < -0.4 is 0 Å². The zero-order chi connectivity index (χ0) is 21.2. The highest BCUT2D eigenvalue weighted by molar-refractivity contribution is 7.86. The molecule has 0 amide bonds. The average molecular weight is 429 g/mol. The van der Waals surface area contributed by atoms with Crippen LogP contribution in [0.15, 0.2) is 29.2 Å². The van der Waals surface area contributed by atoms with Gasteiger partial charge in [0.1, 0.15) is 23.9 Å². The first-order valence-electron chi connectivity index (χ1n) is 9.70. The standard InChI is InChI=1S/C20H28O8S/c1-12-6-8-13(9-7-12)29(22,23)24-11-20-10-14-16(26-18(2,3)25-14)15(21)17(20)27-19(4,5)28-20/h6-9,14-17,21H,10-11H2,1-5H3/t14-,15-,16-,17+,20+/m1/s1. The molecule has 8 nitrogen and oxygen atoms in total. The van der Waals surface area contributed by atoms with E-state index < -0.39 is 51.7 Å². The van der Waals surface area contributed by atoms with E-state index in [4.69, 9.17) is 23.1 Å². The second-order valence-electron chi connectivity index (χ2n) is 8.97. The van der Waals surface area contributed by atoms with Gasteiger partial charge in [0.25, 0.3) is 10.1 Å². The maximum atomic E-state index is 12.7. The van der Waals surface area contributed by atoms with Gasteiger partial charge in [-0.05, 0) is 46.8 Å². The van der Waals surface area contributed by atoms with E-state index in [-0.39, 0.29) is 17.9 Å². The number of rotatable bonds is 4. The van der Waals surface area contributed by atoms with Gasteiger partial charge in [-0.1, -0.05) is 17.7 Å². The fourth-order valence-corrected chi connectivity index (χ4v) is 5.43. The summed E-state index contributed by atoms with van der Waals surface area (Å²) in [5.74, 6) is -1.88. The number of hydrogen-bond acceptors (Lipinski definition) is 8. The minimum atomic E-state index is -4.01. The van der Waals surface area contributed by atoms with Gasteiger partial charge in [-0.3, -0.25) is 4.18 Å². The van der Waals surface area contributed by atoms with E-state index in [1.54, 1.807) is 39.8 Å². The van der Waals surface area contributed by atoms with E-state index in [1.165, 1.54) is 12.1 Å². The second-order valence-corrected chi connectivity index (χ2v) is 10.6. The van der Waals surface area contributed by atoms with Crippen LogP contribution in [-0.2, 0) is 33.2 Å². The van der Waals surface area contributed by atoms with Crippen LogP contribution in [0.3, 0.4) is 0 Å². The van der Waals surface area contributed by atoms with Crippen LogP contribution in [0.25, 0.3) is 0 Å². The van der Waals surface area contributed by atoms with Crippen molar-refractivity contribution in [3.63, 3.8) is 0 Å². The van der Waals surface area contributed by atoms with E-state index in [0.717, 1.165) is 5.56 Å². The molecule has 1 aromatic rings. The molecule has 1 N–H and O–H groups in total. The largest absolute Gasteiger partial charge is 0.387 e. The third-order valence-electron chi connectivity index (χ3n) is 5.56. The fourth-order valence-electron chi connectivity index (χ4n) is 4.47. The predicted octanol–water partition coefficient (Wildman–Crippen LogP) is 1.88. The summed E-state index contributed by atoms with van der Waals surface area (Å²) in [5.41, 5.74) is -0.245. The van der Waals surface area contributed by atoms with Crippen molar-refractivity contribution in [2.45, 2.75) is 87.5 Å². The molecule has 2 aliphatic heterocycles. The predicted molar refractivity (Wildman–Crippen MR) is 102 cm³/mol. The maximum absolute atomic E-state index is 12.7. The van der Waals surface area contributed by atoms with Gasteiger partial charge in [-0.2, -0.15) is 8.42 Å². The van der Waals surface area contributed by atoms with Crippen LogP contribution in [0.5, 0.6) is 0 Å². The van der Waals surface area contributed by atoms with Crippen LogP contribution in [0.4, 0.5) is 0 Å². The van der Waals surface area contributed by atoms with Gasteiger partial charge in [0.05, 0.1) is 17.6 Å². The van der Waals surface area contributed by atoms with E-state index in [9.17, 15) is 13.5 Å². The Morgan fingerprint density at radius 1 is 1.07 bits per heavy atom. The molecule has 0 aromatic heterocycles.